The molecule has 0 aliphatic heterocycles. The highest BCUT2D eigenvalue weighted by Gasteiger charge is 2.17. The van der Waals surface area contributed by atoms with Crippen LogP contribution in [0.5, 0.6) is 5.75 Å². The van der Waals surface area contributed by atoms with E-state index in [9.17, 15) is 9.59 Å². The molecular formula is C18H23B2N3O5. The molecule has 8 nitrogen and oxygen atoms in total. The number of hydrogen-bond acceptors (Lipinski definition) is 8. The average molecular weight is 383 g/mol. The zero-order valence-corrected chi connectivity index (χ0v) is 16.1. The second-order valence-corrected chi connectivity index (χ2v) is 5.67. The second kappa shape index (κ2) is 11.0. The lowest BCUT2D eigenvalue weighted by Gasteiger charge is -2.27. The Hall–Kier alpha value is -3.03. The summed E-state index contributed by atoms with van der Waals surface area (Å²) in [6.45, 7) is 7.23. The average Bonchev–Trinajstić information content (AvgIpc) is 2.65. The van der Waals surface area contributed by atoms with Gasteiger partial charge < -0.3 is 30.2 Å². The maximum absolute atomic E-state index is 11.5. The Morgan fingerprint density at radius 3 is 2.00 bits per heavy atom. The molecule has 0 heterocycles. The van der Waals surface area contributed by atoms with Crippen molar-refractivity contribution in [3.63, 3.8) is 0 Å². The van der Waals surface area contributed by atoms with Crippen molar-refractivity contribution in [3.8, 4) is 5.75 Å². The molecule has 0 aliphatic rings. The van der Waals surface area contributed by atoms with Gasteiger partial charge in [0.25, 0.3) is 0 Å². The van der Waals surface area contributed by atoms with Crippen LogP contribution in [0.25, 0.3) is 0 Å². The summed E-state index contributed by atoms with van der Waals surface area (Å²) in [5.41, 5.74) is 7.43. The molecule has 0 bridgehead atoms. The molecule has 1 rings (SSSR count). The zero-order valence-electron chi connectivity index (χ0n) is 16.1. The highest BCUT2D eigenvalue weighted by atomic mass is 16.5. The number of nitrogen functional groups attached to an aromatic ring is 1. The predicted molar refractivity (Wildman–Crippen MR) is 111 cm³/mol. The molecule has 0 saturated heterocycles. The molecular weight excluding hydrogens is 360 g/mol. The van der Waals surface area contributed by atoms with Gasteiger partial charge in [-0.2, -0.15) is 0 Å². The SMILES string of the molecule is [B]C(=C)C(=O)OCCN(CCOC(=O)C([B])=C)c1cc(NC)c(N)cc1OC. The maximum Gasteiger partial charge on any atom is 0.322 e. The van der Waals surface area contributed by atoms with E-state index < -0.39 is 11.9 Å². The molecule has 0 aromatic heterocycles. The van der Waals surface area contributed by atoms with Gasteiger partial charge >= 0.3 is 11.9 Å². The Morgan fingerprint density at radius 2 is 1.61 bits per heavy atom. The van der Waals surface area contributed by atoms with Gasteiger partial charge in [0.05, 0.1) is 37.3 Å². The van der Waals surface area contributed by atoms with E-state index in [2.05, 4.69) is 18.5 Å². The number of hydrogen-bond donors (Lipinski definition) is 2. The predicted octanol–water partition coefficient (Wildman–Crippen LogP) is 0.576. The summed E-state index contributed by atoms with van der Waals surface area (Å²) in [6, 6.07) is 3.44. The van der Waals surface area contributed by atoms with Crippen LogP contribution in [0.15, 0.2) is 36.2 Å². The number of methoxy groups -OCH3 is 1. The minimum atomic E-state index is -0.703. The summed E-state index contributed by atoms with van der Waals surface area (Å²) in [7, 11) is 13.8. The van der Waals surface area contributed by atoms with E-state index in [-0.39, 0.29) is 37.2 Å². The number of nitrogens with zero attached hydrogens (tertiary/aromatic N) is 1. The third kappa shape index (κ3) is 6.61. The van der Waals surface area contributed by atoms with E-state index in [1.54, 1.807) is 24.1 Å². The van der Waals surface area contributed by atoms with Crippen LogP contribution in [0.3, 0.4) is 0 Å². The van der Waals surface area contributed by atoms with E-state index >= 15 is 0 Å². The van der Waals surface area contributed by atoms with E-state index in [0.29, 0.717) is 22.8 Å². The van der Waals surface area contributed by atoms with Gasteiger partial charge in [0.1, 0.15) is 34.7 Å². The van der Waals surface area contributed by atoms with E-state index in [4.69, 9.17) is 35.6 Å². The molecule has 146 valence electrons. The van der Waals surface area contributed by atoms with Gasteiger partial charge in [-0.05, 0) is 17.0 Å². The van der Waals surface area contributed by atoms with Crippen LogP contribution in [0.2, 0.25) is 0 Å². The number of benzene rings is 1. The topological polar surface area (TPSA) is 103 Å². The van der Waals surface area contributed by atoms with Crippen LogP contribution in [-0.2, 0) is 19.1 Å². The molecule has 1 aromatic carbocycles. The molecule has 0 amide bonds. The van der Waals surface area contributed by atoms with Gasteiger partial charge in [0, 0.05) is 13.1 Å². The lowest BCUT2D eigenvalue weighted by Crippen LogP contribution is -2.33. The fraction of sp³-hybridized carbons (Fsp3) is 0.333. The maximum atomic E-state index is 11.5. The normalized spacial score (nSPS) is 9.93. The standard InChI is InChI=1S/C18H23B2N3O5/c1-11(19)17(24)27-7-5-23(6-8-28-18(25)12(2)20)15-10-14(22-3)13(21)9-16(15)26-4/h9-10,22H,1-2,5-8,21H2,3-4H3. The van der Waals surface area contributed by atoms with Crippen LogP contribution in [0.1, 0.15) is 0 Å². The van der Waals surface area contributed by atoms with Gasteiger partial charge in [-0.15, -0.1) is 0 Å². The minimum absolute atomic E-state index is 0.0228. The fourth-order valence-electron chi connectivity index (χ4n) is 2.25. The molecule has 0 fully saturated rings. The van der Waals surface area contributed by atoms with Crippen LogP contribution >= 0.6 is 0 Å². The van der Waals surface area contributed by atoms with Crippen molar-refractivity contribution in [1.29, 1.82) is 0 Å². The number of esters is 2. The third-order valence-electron chi connectivity index (χ3n) is 3.67. The zero-order chi connectivity index (χ0) is 21.3. The number of carbonyl (C=O) groups excluding carboxylic acids is 2. The number of carbonyl (C=O) groups is 2. The lowest BCUT2D eigenvalue weighted by atomic mass is 9.99. The number of nitrogens with two attached hydrogens (primary N) is 1. The first-order chi connectivity index (χ1) is 13.2. The second-order valence-electron chi connectivity index (χ2n) is 5.67. The number of ether oxygens (including phenoxy) is 3. The molecule has 10 heteroatoms. The Labute approximate surface area is 167 Å². The van der Waals surface area contributed by atoms with E-state index in [1.165, 1.54) is 7.11 Å². The fourth-order valence-corrected chi connectivity index (χ4v) is 2.25. The molecule has 0 unspecified atom stereocenters. The highest BCUT2D eigenvalue weighted by Crippen LogP contribution is 2.35. The van der Waals surface area contributed by atoms with Crippen molar-refractivity contribution in [2.75, 3.05) is 56.4 Å². The van der Waals surface area contributed by atoms with Crippen LogP contribution in [0, 0.1) is 0 Å². The first-order valence-electron chi connectivity index (χ1n) is 8.34. The Balaban J connectivity index is 3.01. The Morgan fingerprint density at radius 1 is 1.11 bits per heavy atom. The van der Waals surface area contributed by atoms with E-state index in [0.717, 1.165) is 0 Å². The van der Waals surface area contributed by atoms with E-state index in [1.807, 2.05) is 0 Å². The molecule has 4 radical (unpaired) electrons. The first-order valence-corrected chi connectivity index (χ1v) is 8.34. The molecule has 3 N–H and O–H groups in total. The van der Waals surface area contributed by atoms with Crippen molar-refractivity contribution in [3.05, 3.63) is 36.2 Å². The van der Waals surface area contributed by atoms with Crippen molar-refractivity contribution in [2.45, 2.75) is 0 Å². The van der Waals surface area contributed by atoms with Gasteiger partial charge in [-0.25, -0.2) is 9.59 Å². The monoisotopic (exact) mass is 383 g/mol. The first kappa shape index (κ1) is 23.0. The third-order valence-corrected chi connectivity index (χ3v) is 3.67. The van der Waals surface area contributed by atoms with Crippen molar-refractivity contribution in [1.82, 2.24) is 0 Å². The molecule has 0 saturated carbocycles. The largest absolute Gasteiger partial charge is 0.495 e. The number of nitrogens with one attached hydrogen (secondary N) is 1. The van der Waals surface area contributed by atoms with Gasteiger partial charge in [-0.3, -0.25) is 0 Å². The minimum Gasteiger partial charge on any atom is -0.495 e. The lowest BCUT2D eigenvalue weighted by molar-refractivity contribution is -0.138. The molecule has 0 atom stereocenters. The van der Waals surface area contributed by atoms with Crippen molar-refractivity contribution < 1.29 is 23.8 Å². The Kier molecular flexibility index (Phi) is 9.01. The van der Waals surface area contributed by atoms with Crippen molar-refractivity contribution in [2.24, 2.45) is 0 Å². The van der Waals surface area contributed by atoms with Gasteiger partial charge in [-0.1, -0.05) is 13.2 Å². The van der Waals surface area contributed by atoms with Crippen LogP contribution < -0.4 is 20.7 Å². The highest BCUT2D eigenvalue weighted by molar-refractivity contribution is 6.35. The Bertz CT molecular complexity index is 723. The summed E-state index contributed by atoms with van der Waals surface area (Å²) in [5.74, 6) is -0.905. The summed E-state index contributed by atoms with van der Waals surface area (Å²) in [4.78, 5) is 24.8. The smallest absolute Gasteiger partial charge is 0.322 e. The van der Waals surface area contributed by atoms with Gasteiger partial charge in [0.15, 0.2) is 0 Å². The summed E-state index contributed by atoms with van der Waals surface area (Å²) in [5, 5.41) is 2.99. The quantitative estimate of drug-likeness (QED) is 0.248. The molecule has 0 spiro atoms. The molecule has 0 aliphatic carbocycles. The summed E-state index contributed by atoms with van der Waals surface area (Å²) >= 11 is 0. The molecule has 1 aromatic rings. The summed E-state index contributed by atoms with van der Waals surface area (Å²) in [6.07, 6.45) is 0. The van der Waals surface area contributed by atoms with Gasteiger partial charge in [0.2, 0.25) is 0 Å². The molecule has 28 heavy (non-hydrogen) atoms. The van der Waals surface area contributed by atoms with Crippen molar-refractivity contribution >= 4 is 44.7 Å². The summed E-state index contributed by atoms with van der Waals surface area (Å²) < 4.78 is 15.5. The number of rotatable bonds is 11. The van der Waals surface area contributed by atoms with Crippen LogP contribution in [0.4, 0.5) is 17.1 Å². The van der Waals surface area contributed by atoms with Crippen LogP contribution in [-0.4, -0.2) is 68.1 Å². The number of anilines is 3.